The summed E-state index contributed by atoms with van der Waals surface area (Å²) in [7, 11) is -2.16. The van der Waals surface area contributed by atoms with E-state index in [2.05, 4.69) is 20.8 Å². The smallest absolute Gasteiger partial charge is 0.460 e. The zero-order valence-corrected chi connectivity index (χ0v) is 14.4. The molecule has 0 radical (unpaired) electrons. The average molecular weight is 321 g/mol. The Kier molecular flexibility index (Phi) is 11.4. The van der Waals surface area contributed by atoms with Gasteiger partial charge in [0.25, 0.3) is 0 Å². The van der Waals surface area contributed by atoms with Crippen LogP contribution in [-0.4, -0.2) is 56.5 Å². The number of nitrogens with zero attached hydrogens (tertiary/aromatic N) is 1. The van der Waals surface area contributed by atoms with Crippen molar-refractivity contribution in [1.29, 1.82) is 0 Å². The number of rotatable bonds is 12. The van der Waals surface area contributed by atoms with Crippen molar-refractivity contribution in [2.45, 2.75) is 27.7 Å². The summed E-state index contributed by atoms with van der Waals surface area (Å²) in [5.41, 5.74) is 0. The van der Waals surface area contributed by atoms with Crippen molar-refractivity contribution in [2.75, 3.05) is 46.0 Å². The maximum atomic E-state index is 11.5. The molecule has 0 aliphatic carbocycles. The maximum Gasteiger partial charge on any atom is 0.697 e. The van der Waals surface area contributed by atoms with Crippen molar-refractivity contribution >= 4 is 14.2 Å². The molecule has 0 N–H and O–H groups in total. The Bertz CT molecular complexity index is 334. The van der Waals surface area contributed by atoms with E-state index in [1.165, 1.54) is 6.08 Å². The first-order valence-corrected chi connectivity index (χ1v) is 8.50. The van der Waals surface area contributed by atoms with E-state index in [9.17, 15) is 9.36 Å². The van der Waals surface area contributed by atoms with E-state index in [4.69, 9.17) is 13.8 Å². The molecule has 6 nitrogen and oxygen atoms in total. The molecule has 0 rings (SSSR count). The summed E-state index contributed by atoms with van der Waals surface area (Å²) in [6.45, 7) is 12.5. The third-order valence-electron chi connectivity index (χ3n) is 3.60. The van der Waals surface area contributed by atoms with Crippen LogP contribution in [0, 0.1) is 0 Å². The Hall–Kier alpha value is -0.810. The van der Waals surface area contributed by atoms with Crippen molar-refractivity contribution in [3.8, 4) is 0 Å². The molecule has 0 aromatic carbocycles. The Labute approximate surface area is 128 Å². The number of carbonyl (C=O) groups excluding carboxylic acids is 1. The fourth-order valence-electron chi connectivity index (χ4n) is 1.93. The second kappa shape index (κ2) is 11.8. The molecule has 0 aliphatic rings. The van der Waals surface area contributed by atoms with Gasteiger partial charge in [-0.25, -0.2) is 4.79 Å². The molecule has 7 heteroatoms. The van der Waals surface area contributed by atoms with Gasteiger partial charge < -0.3 is 9.22 Å². The SMILES string of the molecule is CC=CC(=O)OCCO[P+](=O)OCC[N+](CC)(CC)CC. The predicted molar refractivity (Wildman–Crippen MR) is 82.0 cm³/mol. The first kappa shape index (κ1) is 20.2. The molecule has 1 atom stereocenters. The largest absolute Gasteiger partial charge is 0.697 e. The van der Waals surface area contributed by atoms with Crippen LogP contribution in [0.2, 0.25) is 0 Å². The Morgan fingerprint density at radius 2 is 1.62 bits per heavy atom. The van der Waals surface area contributed by atoms with Crippen LogP contribution in [0.4, 0.5) is 0 Å². The number of likely N-dealkylation sites (N-methyl/N-ethyl adjacent to an activating group) is 1. The average Bonchev–Trinajstić information content (AvgIpc) is 2.49. The molecule has 21 heavy (non-hydrogen) atoms. The van der Waals surface area contributed by atoms with Gasteiger partial charge in [0.2, 0.25) is 0 Å². The number of esters is 1. The molecule has 0 saturated carbocycles. The number of carbonyl (C=O) groups is 1. The van der Waals surface area contributed by atoms with Crippen LogP contribution in [-0.2, 0) is 23.1 Å². The fourth-order valence-corrected chi connectivity index (χ4v) is 2.46. The topological polar surface area (TPSA) is 61.8 Å². The molecular weight excluding hydrogens is 293 g/mol. The lowest BCUT2D eigenvalue weighted by Gasteiger charge is -2.34. The summed E-state index contributed by atoms with van der Waals surface area (Å²) in [4.78, 5) is 11.0. The van der Waals surface area contributed by atoms with E-state index < -0.39 is 14.2 Å². The Balaban J connectivity index is 3.79. The number of hydrogen-bond acceptors (Lipinski definition) is 5. The van der Waals surface area contributed by atoms with Gasteiger partial charge in [0.05, 0.1) is 19.6 Å². The Morgan fingerprint density at radius 1 is 1.05 bits per heavy atom. The highest BCUT2D eigenvalue weighted by Gasteiger charge is 2.25. The van der Waals surface area contributed by atoms with Crippen LogP contribution in [0.1, 0.15) is 27.7 Å². The summed E-state index contributed by atoms with van der Waals surface area (Å²) >= 11 is 0. The lowest BCUT2D eigenvalue weighted by atomic mass is 10.3. The first-order chi connectivity index (χ1) is 10.0. The van der Waals surface area contributed by atoms with Crippen molar-refractivity contribution in [2.24, 2.45) is 0 Å². The molecule has 0 aliphatic heterocycles. The minimum atomic E-state index is -2.16. The maximum absolute atomic E-state index is 11.5. The van der Waals surface area contributed by atoms with Crippen molar-refractivity contribution in [1.82, 2.24) is 0 Å². The van der Waals surface area contributed by atoms with Gasteiger partial charge in [0.1, 0.15) is 19.8 Å². The van der Waals surface area contributed by atoms with Crippen molar-refractivity contribution in [3.05, 3.63) is 12.2 Å². The van der Waals surface area contributed by atoms with Crippen LogP contribution >= 0.6 is 8.25 Å². The van der Waals surface area contributed by atoms with Gasteiger partial charge in [-0.2, -0.15) is 0 Å². The summed E-state index contributed by atoms with van der Waals surface area (Å²) in [5, 5.41) is 0. The van der Waals surface area contributed by atoms with Gasteiger partial charge in [0, 0.05) is 10.6 Å². The Morgan fingerprint density at radius 3 is 2.14 bits per heavy atom. The number of hydrogen-bond donors (Lipinski definition) is 0. The molecule has 0 aromatic rings. The van der Waals surface area contributed by atoms with Gasteiger partial charge in [0.15, 0.2) is 6.61 Å². The van der Waals surface area contributed by atoms with Gasteiger partial charge in [-0.3, -0.25) is 0 Å². The monoisotopic (exact) mass is 321 g/mol. The molecule has 122 valence electrons. The molecule has 0 bridgehead atoms. The summed E-state index contributed by atoms with van der Waals surface area (Å²) in [6.07, 6.45) is 2.90. The van der Waals surface area contributed by atoms with Crippen LogP contribution < -0.4 is 0 Å². The highest BCUT2D eigenvalue weighted by molar-refractivity contribution is 7.33. The van der Waals surface area contributed by atoms with Crippen molar-refractivity contribution < 1.29 is 27.6 Å². The molecular formula is C14H28NO5P+2. The fraction of sp³-hybridized carbons (Fsp3) is 0.786. The van der Waals surface area contributed by atoms with E-state index in [1.54, 1.807) is 13.0 Å². The van der Waals surface area contributed by atoms with Gasteiger partial charge in [-0.15, -0.1) is 9.05 Å². The van der Waals surface area contributed by atoms with Gasteiger partial charge in [-0.1, -0.05) is 6.08 Å². The quantitative estimate of drug-likeness (QED) is 0.182. The number of quaternary nitrogens is 1. The molecule has 0 saturated heterocycles. The van der Waals surface area contributed by atoms with Crippen molar-refractivity contribution in [3.63, 3.8) is 0 Å². The number of allylic oxidation sites excluding steroid dienone is 1. The van der Waals surface area contributed by atoms with Crippen LogP contribution in [0.25, 0.3) is 0 Å². The molecule has 0 amide bonds. The lowest BCUT2D eigenvalue weighted by molar-refractivity contribution is -0.923. The molecule has 0 aromatic heterocycles. The molecule has 1 unspecified atom stereocenters. The minimum absolute atomic E-state index is 0.0620. The zero-order valence-electron chi connectivity index (χ0n) is 13.5. The second-order valence-corrected chi connectivity index (χ2v) is 5.54. The minimum Gasteiger partial charge on any atom is -0.460 e. The predicted octanol–water partition coefficient (Wildman–Crippen LogP) is 2.67. The van der Waals surface area contributed by atoms with E-state index in [0.29, 0.717) is 6.61 Å². The van der Waals surface area contributed by atoms with Crippen LogP contribution in [0.5, 0.6) is 0 Å². The third kappa shape index (κ3) is 8.94. The van der Waals surface area contributed by atoms with Gasteiger partial charge >= 0.3 is 14.2 Å². The molecule has 0 fully saturated rings. The summed E-state index contributed by atoms with van der Waals surface area (Å²) < 4.78 is 27.4. The van der Waals surface area contributed by atoms with Gasteiger partial charge in [-0.05, 0) is 27.7 Å². The molecule has 0 heterocycles. The van der Waals surface area contributed by atoms with E-state index in [0.717, 1.165) is 30.7 Å². The second-order valence-electron chi connectivity index (χ2n) is 4.57. The lowest BCUT2D eigenvalue weighted by Crippen LogP contribution is -2.49. The van der Waals surface area contributed by atoms with E-state index in [-0.39, 0.29) is 13.2 Å². The molecule has 0 spiro atoms. The van der Waals surface area contributed by atoms with E-state index >= 15 is 0 Å². The van der Waals surface area contributed by atoms with E-state index in [1.807, 2.05) is 0 Å². The summed E-state index contributed by atoms with van der Waals surface area (Å²) in [6, 6.07) is 0. The normalized spacial score (nSPS) is 12.7. The zero-order chi connectivity index (χ0) is 16.1. The van der Waals surface area contributed by atoms with Crippen LogP contribution in [0.15, 0.2) is 12.2 Å². The number of ether oxygens (including phenoxy) is 1. The highest BCUT2D eigenvalue weighted by Crippen LogP contribution is 2.23. The standard InChI is InChI=1S/C14H28NO5P/c1-5-9-14(16)18-12-13-20-21(17)19-11-10-15(6-2,7-3)8-4/h5,9H,6-8,10-13H2,1-4H3/q+2. The summed E-state index contributed by atoms with van der Waals surface area (Å²) in [5.74, 6) is -0.437. The first-order valence-electron chi connectivity index (χ1n) is 7.41. The van der Waals surface area contributed by atoms with Crippen LogP contribution in [0.3, 0.4) is 0 Å². The highest BCUT2D eigenvalue weighted by atomic mass is 31.1. The third-order valence-corrected chi connectivity index (χ3v) is 4.39.